The van der Waals surface area contributed by atoms with Crippen LogP contribution in [-0.4, -0.2) is 38.9 Å². The van der Waals surface area contributed by atoms with E-state index in [4.69, 9.17) is 9.26 Å². The summed E-state index contributed by atoms with van der Waals surface area (Å²) < 4.78 is 12.3. The topological polar surface area (TPSA) is 83.0 Å². The van der Waals surface area contributed by atoms with Gasteiger partial charge < -0.3 is 9.26 Å². The maximum absolute atomic E-state index is 11.6. The summed E-state index contributed by atoms with van der Waals surface area (Å²) >= 11 is 0. The minimum atomic E-state index is 0.0190. The van der Waals surface area contributed by atoms with E-state index in [-0.39, 0.29) is 11.7 Å². The quantitative estimate of drug-likeness (QED) is 0.796. The van der Waals surface area contributed by atoms with Crippen molar-refractivity contribution in [1.29, 1.82) is 0 Å². The summed E-state index contributed by atoms with van der Waals surface area (Å²) in [5, 5.41) is 8.39. The van der Waals surface area contributed by atoms with Gasteiger partial charge in [0, 0.05) is 18.2 Å². The fraction of sp³-hybridized carbons (Fsp3) is 0.571. The van der Waals surface area contributed by atoms with Gasteiger partial charge in [-0.25, -0.2) is 0 Å². The van der Waals surface area contributed by atoms with Crippen LogP contribution < -0.4 is 0 Å². The second-order valence-electron chi connectivity index (χ2n) is 5.37. The van der Waals surface area contributed by atoms with Gasteiger partial charge in [0.1, 0.15) is 6.54 Å². The maximum atomic E-state index is 11.6. The number of hydrogen-bond donors (Lipinski definition) is 0. The van der Waals surface area contributed by atoms with E-state index in [9.17, 15) is 4.79 Å². The molecule has 2 aromatic heterocycles. The first kappa shape index (κ1) is 13.9. The molecule has 0 spiro atoms. The summed E-state index contributed by atoms with van der Waals surface area (Å²) in [5.74, 6) is 1.43. The first-order chi connectivity index (χ1) is 10.1. The van der Waals surface area contributed by atoms with Gasteiger partial charge in [-0.15, -0.1) is 0 Å². The highest BCUT2D eigenvalue weighted by atomic mass is 16.5. The minimum Gasteiger partial charge on any atom is -0.381 e. The molecule has 112 valence electrons. The lowest BCUT2D eigenvalue weighted by molar-refractivity contribution is 0.101. The van der Waals surface area contributed by atoms with Crippen LogP contribution in [0.3, 0.4) is 0 Å². The highest BCUT2D eigenvalue weighted by Gasteiger charge is 2.24. The van der Waals surface area contributed by atoms with Gasteiger partial charge in [-0.05, 0) is 27.2 Å². The number of carbonyl (C=O) groups is 1. The molecule has 0 aromatic carbocycles. The van der Waals surface area contributed by atoms with Gasteiger partial charge in [0.05, 0.1) is 17.9 Å². The predicted octanol–water partition coefficient (Wildman–Crippen LogP) is 1.64. The second-order valence-corrected chi connectivity index (χ2v) is 5.37. The summed E-state index contributed by atoms with van der Waals surface area (Å²) in [5.41, 5.74) is 2.21. The van der Waals surface area contributed by atoms with E-state index >= 15 is 0 Å². The molecule has 1 atom stereocenters. The molecule has 0 saturated carbocycles. The normalized spacial score (nSPS) is 18.3. The van der Waals surface area contributed by atoms with Crippen LogP contribution in [0.5, 0.6) is 0 Å². The summed E-state index contributed by atoms with van der Waals surface area (Å²) in [6.45, 7) is 7.02. The van der Waals surface area contributed by atoms with Gasteiger partial charge in [0.15, 0.2) is 11.6 Å². The Morgan fingerprint density at radius 3 is 2.86 bits per heavy atom. The fourth-order valence-corrected chi connectivity index (χ4v) is 2.72. The number of Topliss-reactive ketones (excluding diaryl/α,β-unsaturated/α-hetero) is 1. The number of nitrogens with zero attached hydrogens (tertiary/aromatic N) is 4. The van der Waals surface area contributed by atoms with Crippen molar-refractivity contribution in [3.8, 4) is 0 Å². The van der Waals surface area contributed by atoms with Gasteiger partial charge in [0.2, 0.25) is 5.89 Å². The first-order valence-corrected chi connectivity index (χ1v) is 7.01. The largest absolute Gasteiger partial charge is 0.381 e. The van der Waals surface area contributed by atoms with Crippen molar-refractivity contribution < 1.29 is 14.1 Å². The van der Waals surface area contributed by atoms with Crippen LogP contribution in [0.15, 0.2) is 4.52 Å². The molecule has 7 heteroatoms. The molecule has 0 amide bonds. The lowest BCUT2D eigenvalue weighted by Gasteiger charge is -2.01. The molecule has 0 aliphatic carbocycles. The van der Waals surface area contributed by atoms with Crippen LogP contribution in [0.1, 0.15) is 52.7 Å². The molecular weight excluding hydrogens is 272 g/mol. The minimum absolute atomic E-state index is 0.0190. The Bertz CT molecular complexity index is 668. The van der Waals surface area contributed by atoms with E-state index in [0.717, 1.165) is 24.4 Å². The van der Waals surface area contributed by atoms with Crippen LogP contribution >= 0.6 is 0 Å². The third-order valence-corrected chi connectivity index (χ3v) is 3.80. The van der Waals surface area contributed by atoms with Crippen molar-refractivity contribution in [2.75, 3.05) is 13.2 Å². The smallest absolute Gasteiger partial charge is 0.248 e. The molecule has 1 fully saturated rings. The molecular formula is C14H18N4O3. The number of rotatable bonds is 4. The van der Waals surface area contributed by atoms with Crippen LogP contribution in [0.25, 0.3) is 0 Å². The van der Waals surface area contributed by atoms with Crippen LogP contribution in [0.2, 0.25) is 0 Å². The van der Waals surface area contributed by atoms with E-state index in [1.807, 2.05) is 13.8 Å². The third kappa shape index (κ3) is 2.61. The number of ether oxygens (including phenoxy) is 1. The number of aryl methyl sites for hydroxylation is 1. The molecule has 0 N–H and O–H groups in total. The molecule has 1 aliphatic heterocycles. The van der Waals surface area contributed by atoms with Crippen molar-refractivity contribution in [1.82, 2.24) is 19.9 Å². The van der Waals surface area contributed by atoms with Crippen molar-refractivity contribution >= 4 is 5.78 Å². The lowest BCUT2D eigenvalue weighted by Crippen LogP contribution is -2.06. The van der Waals surface area contributed by atoms with Crippen LogP contribution in [0.4, 0.5) is 0 Å². The average molecular weight is 290 g/mol. The number of aromatic nitrogens is 4. The van der Waals surface area contributed by atoms with Crippen LogP contribution in [0, 0.1) is 13.8 Å². The molecule has 0 unspecified atom stereocenters. The monoisotopic (exact) mass is 290 g/mol. The van der Waals surface area contributed by atoms with Crippen molar-refractivity contribution in [3.63, 3.8) is 0 Å². The molecule has 3 heterocycles. The van der Waals surface area contributed by atoms with Crippen molar-refractivity contribution in [3.05, 3.63) is 28.7 Å². The van der Waals surface area contributed by atoms with Crippen LogP contribution in [-0.2, 0) is 11.3 Å². The standard InChI is InChI=1S/C14H18N4O3/c1-8-13(10(3)19)9(2)18(16-8)6-12-15-14(17-21-12)11-4-5-20-7-11/h11H,4-7H2,1-3H3/t11-/m0/s1. The van der Waals surface area contributed by atoms with E-state index in [1.54, 1.807) is 11.6 Å². The van der Waals surface area contributed by atoms with Crippen molar-refractivity contribution in [2.24, 2.45) is 0 Å². The molecule has 0 radical (unpaired) electrons. The Labute approximate surface area is 122 Å². The van der Waals surface area contributed by atoms with Gasteiger partial charge in [0.25, 0.3) is 0 Å². The Kier molecular flexibility index (Phi) is 3.59. The van der Waals surface area contributed by atoms with E-state index < -0.39 is 0 Å². The molecule has 21 heavy (non-hydrogen) atoms. The molecule has 1 aliphatic rings. The Hall–Kier alpha value is -2.02. The van der Waals surface area contributed by atoms with Gasteiger partial charge in [-0.1, -0.05) is 5.16 Å². The highest BCUT2D eigenvalue weighted by Crippen LogP contribution is 2.23. The highest BCUT2D eigenvalue weighted by molar-refractivity contribution is 5.96. The molecule has 0 bridgehead atoms. The molecule has 1 saturated heterocycles. The Morgan fingerprint density at radius 2 is 2.24 bits per heavy atom. The maximum Gasteiger partial charge on any atom is 0.248 e. The van der Waals surface area contributed by atoms with E-state index in [2.05, 4.69) is 15.2 Å². The fourth-order valence-electron chi connectivity index (χ4n) is 2.72. The van der Waals surface area contributed by atoms with Crippen molar-refractivity contribution in [2.45, 2.75) is 39.7 Å². The first-order valence-electron chi connectivity index (χ1n) is 7.01. The zero-order chi connectivity index (χ0) is 15.0. The second kappa shape index (κ2) is 5.40. The lowest BCUT2D eigenvalue weighted by atomic mass is 10.1. The summed E-state index contributed by atoms with van der Waals surface area (Å²) in [4.78, 5) is 16.0. The van der Waals surface area contributed by atoms with Gasteiger partial charge in [-0.3, -0.25) is 9.48 Å². The summed E-state index contributed by atoms with van der Waals surface area (Å²) in [6, 6.07) is 0. The van der Waals surface area contributed by atoms with E-state index in [1.165, 1.54) is 0 Å². The predicted molar refractivity (Wildman–Crippen MR) is 73.3 cm³/mol. The summed E-state index contributed by atoms with van der Waals surface area (Å²) in [7, 11) is 0. The third-order valence-electron chi connectivity index (χ3n) is 3.80. The number of hydrogen-bond acceptors (Lipinski definition) is 6. The number of ketones is 1. The zero-order valence-corrected chi connectivity index (χ0v) is 12.4. The molecule has 2 aromatic rings. The van der Waals surface area contributed by atoms with Gasteiger partial charge in [-0.2, -0.15) is 10.1 Å². The SMILES string of the molecule is CC(=O)c1c(C)nn(Cc2nc([C@H]3CCOC3)no2)c1C. The number of carbonyl (C=O) groups excluding carboxylic acids is 1. The molecule has 3 rings (SSSR count). The van der Waals surface area contributed by atoms with E-state index in [0.29, 0.717) is 30.4 Å². The van der Waals surface area contributed by atoms with Gasteiger partial charge >= 0.3 is 0 Å². The Balaban J connectivity index is 1.81. The Morgan fingerprint density at radius 1 is 1.43 bits per heavy atom. The summed E-state index contributed by atoms with van der Waals surface area (Å²) in [6.07, 6.45) is 0.924. The molecule has 7 nitrogen and oxygen atoms in total. The average Bonchev–Trinajstić information content (AvgIpc) is 3.11. The zero-order valence-electron chi connectivity index (χ0n) is 12.4.